The number of aliphatic imine (C=N–C) groups is 1. The SMILES string of the molecule is CCN1CCN(C(C)CNC(=NC)NCc2ccc3c(c2)OCO3)CC1.I. The lowest BCUT2D eigenvalue weighted by atomic mass is 10.2. The van der Waals surface area contributed by atoms with Crippen LogP contribution < -0.4 is 20.1 Å². The molecule has 27 heavy (non-hydrogen) atoms. The molecule has 0 radical (unpaired) electrons. The topological polar surface area (TPSA) is 61.4 Å². The van der Waals surface area contributed by atoms with Crippen LogP contribution in [0.3, 0.4) is 0 Å². The number of halogens is 1. The van der Waals surface area contributed by atoms with Gasteiger partial charge in [-0.2, -0.15) is 0 Å². The Morgan fingerprint density at radius 3 is 2.59 bits per heavy atom. The summed E-state index contributed by atoms with van der Waals surface area (Å²) < 4.78 is 10.8. The van der Waals surface area contributed by atoms with Crippen molar-refractivity contribution in [2.24, 2.45) is 4.99 Å². The number of hydrogen-bond donors (Lipinski definition) is 2. The van der Waals surface area contributed by atoms with Crippen molar-refractivity contribution >= 4 is 29.9 Å². The molecule has 1 atom stereocenters. The molecule has 152 valence electrons. The van der Waals surface area contributed by atoms with Crippen molar-refractivity contribution in [1.82, 2.24) is 20.4 Å². The van der Waals surface area contributed by atoms with E-state index < -0.39 is 0 Å². The lowest BCUT2D eigenvalue weighted by molar-refractivity contribution is 0.107. The van der Waals surface area contributed by atoms with E-state index in [2.05, 4.69) is 39.3 Å². The van der Waals surface area contributed by atoms with Crippen LogP contribution in [0.25, 0.3) is 0 Å². The van der Waals surface area contributed by atoms with Gasteiger partial charge in [0.2, 0.25) is 6.79 Å². The molecule has 2 heterocycles. The summed E-state index contributed by atoms with van der Waals surface area (Å²) in [4.78, 5) is 9.38. The molecule has 1 aromatic carbocycles. The van der Waals surface area contributed by atoms with Crippen molar-refractivity contribution in [2.45, 2.75) is 26.4 Å². The molecular formula is C19H32IN5O2. The summed E-state index contributed by atoms with van der Waals surface area (Å²) in [6, 6.07) is 6.49. The number of ether oxygens (including phenoxy) is 2. The third kappa shape index (κ3) is 6.11. The van der Waals surface area contributed by atoms with Gasteiger partial charge in [-0.25, -0.2) is 0 Å². The average molecular weight is 489 g/mol. The van der Waals surface area contributed by atoms with Crippen molar-refractivity contribution < 1.29 is 9.47 Å². The highest BCUT2D eigenvalue weighted by molar-refractivity contribution is 14.0. The summed E-state index contributed by atoms with van der Waals surface area (Å²) in [5.74, 6) is 2.45. The summed E-state index contributed by atoms with van der Waals surface area (Å²) in [6.07, 6.45) is 0. The van der Waals surface area contributed by atoms with E-state index in [-0.39, 0.29) is 24.0 Å². The lowest BCUT2D eigenvalue weighted by Crippen LogP contribution is -2.53. The highest BCUT2D eigenvalue weighted by Gasteiger charge is 2.20. The zero-order valence-electron chi connectivity index (χ0n) is 16.5. The Morgan fingerprint density at radius 1 is 1.15 bits per heavy atom. The van der Waals surface area contributed by atoms with Crippen molar-refractivity contribution in [1.29, 1.82) is 0 Å². The number of hydrogen-bond acceptors (Lipinski definition) is 5. The van der Waals surface area contributed by atoms with Gasteiger partial charge in [0, 0.05) is 52.4 Å². The van der Waals surface area contributed by atoms with Gasteiger partial charge in [-0.3, -0.25) is 9.89 Å². The molecule has 7 nitrogen and oxygen atoms in total. The molecule has 1 saturated heterocycles. The van der Waals surface area contributed by atoms with Crippen LogP contribution in [-0.2, 0) is 6.54 Å². The number of fused-ring (bicyclic) bond motifs is 1. The highest BCUT2D eigenvalue weighted by Crippen LogP contribution is 2.32. The Balaban J connectivity index is 0.00000261. The molecule has 0 aromatic heterocycles. The first-order valence-electron chi connectivity index (χ1n) is 9.49. The maximum absolute atomic E-state index is 5.43. The summed E-state index contributed by atoms with van der Waals surface area (Å²) in [5.41, 5.74) is 1.14. The van der Waals surface area contributed by atoms with E-state index in [1.165, 1.54) is 0 Å². The van der Waals surface area contributed by atoms with Gasteiger partial charge >= 0.3 is 0 Å². The Kier molecular flexibility index (Phi) is 8.91. The smallest absolute Gasteiger partial charge is 0.231 e. The number of rotatable bonds is 6. The van der Waals surface area contributed by atoms with Gasteiger partial charge in [-0.15, -0.1) is 24.0 Å². The molecular weight excluding hydrogens is 457 g/mol. The molecule has 2 aliphatic rings. The van der Waals surface area contributed by atoms with Crippen molar-refractivity contribution in [3.8, 4) is 11.5 Å². The number of guanidine groups is 1. The van der Waals surface area contributed by atoms with E-state index in [1.807, 2.05) is 18.2 Å². The minimum absolute atomic E-state index is 0. The van der Waals surface area contributed by atoms with Gasteiger partial charge in [0.15, 0.2) is 17.5 Å². The Labute approximate surface area is 179 Å². The quantitative estimate of drug-likeness (QED) is 0.361. The van der Waals surface area contributed by atoms with Gasteiger partial charge in [-0.1, -0.05) is 13.0 Å². The first kappa shape index (κ1) is 22.0. The van der Waals surface area contributed by atoms with Crippen LogP contribution >= 0.6 is 24.0 Å². The molecule has 1 aromatic rings. The van der Waals surface area contributed by atoms with E-state index in [0.717, 1.165) is 62.3 Å². The third-order valence-corrected chi connectivity index (χ3v) is 5.16. The maximum Gasteiger partial charge on any atom is 0.231 e. The van der Waals surface area contributed by atoms with Gasteiger partial charge in [0.25, 0.3) is 0 Å². The number of likely N-dealkylation sites (N-methyl/N-ethyl adjacent to an activating group) is 1. The zero-order valence-corrected chi connectivity index (χ0v) is 18.9. The predicted molar refractivity (Wildman–Crippen MR) is 119 cm³/mol. The first-order chi connectivity index (χ1) is 12.7. The average Bonchev–Trinajstić information content (AvgIpc) is 3.15. The molecule has 0 amide bonds. The van der Waals surface area contributed by atoms with E-state index in [9.17, 15) is 0 Å². The normalized spacial score (nSPS) is 18.7. The predicted octanol–water partition coefficient (Wildman–Crippen LogP) is 1.72. The van der Waals surface area contributed by atoms with Gasteiger partial charge in [0.1, 0.15) is 0 Å². The third-order valence-electron chi connectivity index (χ3n) is 5.16. The first-order valence-corrected chi connectivity index (χ1v) is 9.49. The summed E-state index contributed by atoms with van der Waals surface area (Å²) in [6.45, 7) is 12.1. The van der Waals surface area contributed by atoms with Crippen LogP contribution in [0.4, 0.5) is 0 Å². The molecule has 0 bridgehead atoms. The molecule has 1 fully saturated rings. The molecule has 0 aliphatic carbocycles. The van der Waals surface area contributed by atoms with Crippen molar-refractivity contribution in [3.05, 3.63) is 23.8 Å². The van der Waals surface area contributed by atoms with Crippen LogP contribution in [0.5, 0.6) is 11.5 Å². The Hall–Kier alpha value is -1.26. The van der Waals surface area contributed by atoms with E-state index in [4.69, 9.17) is 9.47 Å². The Morgan fingerprint density at radius 2 is 1.89 bits per heavy atom. The summed E-state index contributed by atoms with van der Waals surface area (Å²) >= 11 is 0. The number of nitrogens with zero attached hydrogens (tertiary/aromatic N) is 3. The van der Waals surface area contributed by atoms with E-state index >= 15 is 0 Å². The largest absolute Gasteiger partial charge is 0.454 e. The lowest BCUT2D eigenvalue weighted by Gasteiger charge is -2.37. The molecule has 3 rings (SSSR count). The minimum atomic E-state index is 0. The molecule has 0 spiro atoms. The monoisotopic (exact) mass is 489 g/mol. The van der Waals surface area contributed by atoms with Crippen LogP contribution in [0, 0.1) is 0 Å². The van der Waals surface area contributed by atoms with E-state index in [0.29, 0.717) is 19.4 Å². The van der Waals surface area contributed by atoms with Crippen LogP contribution in [0.15, 0.2) is 23.2 Å². The fourth-order valence-electron chi connectivity index (χ4n) is 3.35. The maximum atomic E-state index is 5.43. The standard InChI is InChI=1S/C19H31N5O2.HI/c1-4-23-7-9-24(10-8-23)15(2)12-21-19(20-3)22-13-16-5-6-17-18(11-16)26-14-25-17;/h5-6,11,15H,4,7-10,12-14H2,1-3H3,(H2,20,21,22);1H. The molecule has 2 N–H and O–H groups in total. The van der Waals surface area contributed by atoms with Crippen LogP contribution in [0.1, 0.15) is 19.4 Å². The molecule has 2 aliphatic heterocycles. The second kappa shape index (κ2) is 10.9. The van der Waals surface area contributed by atoms with E-state index in [1.54, 1.807) is 7.05 Å². The fourth-order valence-corrected chi connectivity index (χ4v) is 3.35. The molecule has 0 saturated carbocycles. The number of benzene rings is 1. The Bertz CT molecular complexity index is 620. The summed E-state index contributed by atoms with van der Waals surface area (Å²) in [5, 5.41) is 6.81. The molecule has 1 unspecified atom stereocenters. The molecule has 8 heteroatoms. The second-order valence-corrected chi connectivity index (χ2v) is 6.81. The van der Waals surface area contributed by atoms with Crippen molar-refractivity contribution in [2.75, 3.05) is 53.1 Å². The van der Waals surface area contributed by atoms with Crippen molar-refractivity contribution in [3.63, 3.8) is 0 Å². The summed E-state index contributed by atoms with van der Waals surface area (Å²) in [7, 11) is 1.81. The van der Waals surface area contributed by atoms with Gasteiger partial charge in [0.05, 0.1) is 0 Å². The van der Waals surface area contributed by atoms with Crippen LogP contribution in [-0.4, -0.2) is 74.9 Å². The van der Waals surface area contributed by atoms with Gasteiger partial charge < -0.3 is 25.0 Å². The number of piperazine rings is 1. The van der Waals surface area contributed by atoms with Gasteiger partial charge in [-0.05, 0) is 31.2 Å². The highest BCUT2D eigenvalue weighted by atomic mass is 127. The van der Waals surface area contributed by atoms with Crippen LogP contribution in [0.2, 0.25) is 0 Å². The zero-order chi connectivity index (χ0) is 18.4. The minimum Gasteiger partial charge on any atom is -0.454 e. The second-order valence-electron chi connectivity index (χ2n) is 6.81. The fraction of sp³-hybridized carbons (Fsp3) is 0.632. The number of nitrogens with one attached hydrogen (secondary N) is 2.